The molecule has 1 aromatic heterocycles. The molecule has 2 N–H and O–H groups in total. The molecule has 3 rings (SSSR count). The number of piperidine rings is 1. The molecular weight excluding hydrogens is 212 g/mol. The number of benzene rings is 1. The Morgan fingerprint density at radius 2 is 2.29 bits per heavy atom. The van der Waals surface area contributed by atoms with Crippen molar-refractivity contribution in [2.24, 2.45) is 0 Å². The van der Waals surface area contributed by atoms with Crippen LogP contribution in [0.1, 0.15) is 12.8 Å². The lowest BCUT2D eigenvalue weighted by atomic mass is 10.1. The van der Waals surface area contributed by atoms with Gasteiger partial charge in [-0.2, -0.15) is 0 Å². The number of fused-ring (bicyclic) bond motifs is 1. The smallest absolute Gasteiger partial charge is 0.201 e. The van der Waals surface area contributed by atoms with E-state index in [9.17, 15) is 0 Å². The molecule has 0 aliphatic carbocycles. The quantitative estimate of drug-likeness (QED) is 0.830. The van der Waals surface area contributed by atoms with Gasteiger partial charge in [0.2, 0.25) is 5.95 Å². The van der Waals surface area contributed by atoms with Crippen molar-refractivity contribution in [3.05, 3.63) is 24.3 Å². The number of rotatable bonds is 2. The molecule has 17 heavy (non-hydrogen) atoms. The Hall–Kier alpha value is -1.55. The Bertz CT molecular complexity index is 472. The van der Waals surface area contributed by atoms with Crippen LogP contribution >= 0.6 is 0 Å². The van der Waals surface area contributed by atoms with Gasteiger partial charge in [-0.1, -0.05) is 12.1 Å². The van der Waals surface area contributed by atoms with E-state index < -0.39 is 0 Å². The van der Waals surface area contributed by atoms with Crippen molar-refractivity contribution in [2.75, 3.05) is 25.5 Å². The summed E-state index contributed by atoms with van der Waals surface area (Å²) in [6, 6.07) is 8.64. The lowest BCUT2D eigenvalue weighted by molar-refractivity contribution is 0.260. The number of aromatic amines is 1. The first-order chi connectivity index (χ1) is 8.31. The highest BCUT2D eigenvalue weighted by Gasteiger charge is 2.17. The zero-order chi connectivity index (χ0) is 11.7. The highest BCUT2D eigenvalue weighted by atomic mass is 15.2. The van der Waals surface area contributed by atoms with Crippen LogP contribution in [0.25, 0.3) is 11.0 Å². The molecule has 0 bridgehead atoms. The average molecular weight is 230 g/mol. The molecule has 0 amide bonds. The molecule has 4 nitrogen and oxygen atoms in total. The minimum Gasteiger partial charge on any atom is -0.352 e. The van der Waals surface area contributed by atoms with Crippen molar-refractivity contribution in [3.8, 4) is 0 Å². The maximum absolute atomic E-state index is 4.55. The number of aromatic nitrogens is 2. The van der Waals surface area contributed by atoms with Crippen LogP contribution in [0.5, 0.6) is 0 Å². The van der Waals surface area contributed by atoms with Crippen LogP contribution < -0.4 is 5.32 Å². The highest BCUT2D eigenvalue weighted by Crippen LogP contribution is 2.16. The zero-order valence-electron chi connectivity index (χ0n) is 10.1. The van der Waals surface area contributed by atoms with E-state index in [-0.39, 0.29) is 0 Å². The second kappa shape index (κ2) is 4.37. The van der Waals surface area contributed by atoms with Crippen molar-refractivity contribution in [1.29, 1.82) is 0 Å². The van der Waals surface area contributed by atoms with E-state index in [0.29, 0.717) is 6.04 Å². The predicted octanol–water partition coefficient (Wildman–Crippen LogP) is 2.07. The fourth-order valence-corrected chi connectivity index (χ4v) is 2.50. The van der Waals surface area contributed by atoms with Crippen molar-refractivity contribution >= 4 is 17.0 Å². The van der Waals surface area contributed by atoms with Crippen molar-refractivity contribution in [1.82, 2.24) is 14.9 Å². The molecule has 4 heteroatoms. The minimum atomic E-state index is 0.509. The van der Waals surface area contributed by atoms with Crippen molar-refractivity contribution in [3.63, 3.8) is 0 Å². The van der Waals surface area contributed by atoms with Crippen LogP contribution in [0, 0.1) is 0 Å². The van der Waals surface area contributed by atoms with E-state index in [4.69, 9.17) is 0 Å². The van der Waals surface area contributed by atoms with E-state index in [2.05, 4.69) is 33.3 Å². The van der Waals surface area contributed by atoms with Gasteiger partial charge in [-0.05, 0) is 38.6 Å². The number of H-pyrrole nitrogens is 1. The van der Waals surface area contributed by atoms with Gasteiger partial charge in [-0.15, -0.1) is 0 Å². The summed E-state index contributed by atoms with van der Waals surface area (Å²) in [5.74, 6) is 0.895. The van der Waals surface area contributed by atoms with Gasteiger partial charge in [-0.25, -0.2) is 4.98 Å². The highest BCUT2D eigenvalue weighted by molar-refractivity contribution is 5.77. The number of likely N-dealkylation sites (tertiary alicyclic amines) is 1. The standard InChI is InChI=1S/C13H18N4/c1-17-8-4-5-10(9-17)14-13-15-11-6-2-3-7-12(11)16-13/h2-3,6-7,10H,4-5,8-9H2,1H3,(H2,14,15,16). The molecule has 1 saturated heterocycles. The largest absolute Gasteiger partial charge is 0.352 e. The number of nitrogens with zero attached hydrogens (tertiary/aromatic N) is 2. The molecule has 2 heterocycles. The first kappa shape index (κ1) is 10.6. The average Bonchev–Trinajstić information content (AvgIpc) is 2.71. The van der Waals surface area contributed by atoms with Crippen LogP contribution in [0.3, 0.4) is 0 Å². The van der Waals surface area contributed by atoms with Gasteiger partial charge < -0.3 is 15.2 Å². The molecule has 1 aliphatic rings. The maximum Gasteiger partial charge on any atom is 0.201 e. The molecule has 1 aliphatic heterocycles. The molecule has 90 valence electrons. The second-order valence-corrected chi connectivity index (χ2v) is 4.85. The topological polar surface area (TPSA) is 44.0 Å². The molecule has 1 fully saturated rings. The molecule has 1 aromatic carbocycles. The Labute approximate surface area is 101 Å². The van der Waals surface area contributed by atoms with Crippen molar-refractivity contribution < 1.29 is 0 Å². The summed E-state index contributed by atoms with van der Waals surface area (Å²) < 4.78 is 0. The number of anilines is 1. The summed E-state index contributed by atoms with van der Waals surface area (Å²) in [5.41, 5.74) is 2.12. The summed E-state index contributed by atoms with van der Waals surface area (Å²) in [6.07, 6.45) is 2.48. The van der Waals surface area contributed by atoms with Crippen LogP contribution in [0.4, 0.5) is 5.95 Å². The number of hydrogen-bond donors (Lipinski definition) is 2. The second-order valence-electron chi connectivity index (χ2n) is 4.85. The fraction of sp³-hybridized carbons (Fsp3) is 0.462. The van der Waals surface area contributed by atoms with E-state index in [1.807, 2.05) is 18.2 Å². The molecule has 1 unspecified atom stereocenters. The number of para-hydroxylation sites is 2. The van der Waals surface area contributed by atoms with Gasteiger partial charge in [0.25, 0.3) is 0 Å². The SMILES string of the molecule is CN1CCCC(Nc2nc3ccccc3[nH]2)C1. The molecule has 0 radical (unpaired) electrons. The molecule has 0 spiro atoms. The summed E-state index contributed by atoms with van der Waals surface area (Å²) in [7, 11) is 2.17. The summed E-state index contributed by atoms with van der Waals surface area (Å²) in [5, 5.41) is 3.49. The summed E-state index contributed by atoms with van der Waals surface area (Å²) >= 11 is 0. The summed E-state index contributed by atoms with van der Waals surface area (Å²) in [4.78, 5) is 10.2. The number of nitrogens with one attached hydrogen (secondary N) is 2. The van der Waals surface area contributed by atoms with E-state index in [1.54, 1.807) is 0 Å². The Kier molecular flexibility index (Phi) is 2.73. The fourth-order valence-electron chi connectivity index (χ4n) is 2.50. The minimum absolute atomic E-state index is 0.509. The number of hydrogen-bond acceptors (Lipinski definition) is 3. The van der Waals surface area contributed by atoms with E-state index >= 15 is 0 Å². The van der Waals surface area contributed by atoms with Gasteiger partial charge in [0, 0.05) is 12.6 Å². The lowest BCUT2D eigenvalue weighted by Gasteiger charge is -2.29. The van der Waals surface area contributed by atoms with Crippen molar-refractivity contribution in [2.45, 2.75) is 18.9 Å². The Morgan fingerprint density at radius 1 is 1.41 bits per heavy atom. The van der Waals surface area contributed by atoms with E-state index in [1.165, 1.54) is 19.4 Å². The monoisotopic (exact) mass is 230 g/mol. The lowest BCUT2D eigenvalue weighted by Crippen LogP contribution is -2.39. The third-order valence-corrected chi connectivity index (χ3v) is 3.35. The number of likely N-dealkylation sites (N-methyl/N-ethyl adjacent to an activating group) is 1. The first-order valence-corrected chi connectivity index (χ1v) is 6.21. The van der Waals surface area contributed by atoms with Gasteiger partial charge in [0.15, 0.2) is 0 Å². The van der Waals surface area contributed by atoms with Gasteiger partial charge in [0.1, 0.15) is 0 Å². The first-order valence-electron chi connectivity index (χ1n) is 6.21. The van der Waals surface area contributed by atoms with E-state index in [0.717, 1.165) is 23.5 Å². The zero-order valence-corrected chi connectivity index (χ0v) is 10.1. The normalized spacial score (nSPS) is 21.8. The Balaban J connectivity index is 1.75. The third-order valence-electron chi connectivity index (χ3n) is 3.35. The van der Waals surface area contributed by atoms with Crippen LogP contribution in [-0.4, -0.2) is 41.0 Å². The summed E-state index contributed by atoms with van der Waals surface area (Å²) in [6.45, 7) is 2.30. The van der Waals surface area contributed by atoms with Gasteiger partial charge >= 0.3 is 0 Å². The Morgan fingerprint density at radius 3 is 3.12 bits per heavy atom. The van der Waals surface area contributed by atoms with Crippen LogP contribution in [-0.2, 0) is 0 Å². The predicted molar refractivity (Wildman–Crippen MR) is 70.2 cm³/mol. The third kappa shape index (κ3) is 2.26. The molecule has 1 atom stereocenters. The molecule has 2 aromatic rings. The van der Waals surface area contributed by atoms with Gasteiger partial charge in [0.05, 0.1) is 11.0 Å². The van der Waals surface area contributed by atoms with Gasteiger partial charge in [-0.3, -0.25) is 0 Å². The maximum atomic E-state index is 4.55. The van der Waals surface area contributed by atoms with Crippen LogP contribution in [0.15, 0.2) is 24.3 Å². The van der Waals surface area contributed by atoms with Crippen LogP contribution in [0.2, 0.25) is 0 Å². The molecule has 0 saturated carbocycles. The number of imidazole rings is 1. The molecular formula is C13H18N4.